The number of aryl methyl sites for hydroxylation is 1. The molecule has 0 fully saturated rings. The van der Waals surface area contributed by atoms with Crippen molar-refractivity contribution in [2.45, 2.75) is 20.0 Å². The highest BCUT2D eigenvalue weighted by Crippen LogP contribution is 2.28. The summed E-state index contributed by atoms with van der Waals surface area (Å²) in [6.07, 6.45) is -0.650. The Labute approximate surface area is 117 Å². The Bertz CT molecular complexity index is 752. The molecule has 3 nitrogen and oxygen atoms in total. The molecule has 1 heterocycles. The van der Waals surface area contributed by atoms with Crippen LogP contribution in [0.5, 0.6) is 0 Å². The second kappa shape index (κ2) is 5.02. The average Bonchev–Trinajstić information content (AvgIpc) is 2.47. The van der Waals surface area contributed by atoms with Crippen LogP contribution in [0, 0.1) is 6.92 Å². The van der Waals surface area contributed by atoms with E-state index < -0.39 is 6.10 Å². The second-order valence-electron chi connectivity index (χ2n) is 4.94. The van der Waals surface area contributed by atoms with E-state index >= 15 is 0 Å². The van der Waals surface area contributed by atoms with Crippen molar-refractivity contribution in [3.63, 3.8) is 0 Å². The maximum absolute atomic E-state index is 9.99. The van der Waals surface area contributed by atoms with E-state index in [4.69, 9.17) is 4.98 Å². The van der Waals surface area contributed by atoms with E-state index in [1.54, 1.807) is 6.92 Å². The van der Waals surface area contributed by atoms with Crippen molar-refractivity contribution in [3.8, 4) is 11.3 Å². The summed E-state index contributed by atoms with van der Waals surface area (Å²) in [4.78, 5) is 9.34. The molecular formula is C17H16N2O. The van der Waals surface area contributed by atoms with Gasteiger partial charge in [0, 0.05) is 5.56 Å². The third kappa shape index (κ3) is 2.17. The Balaban J connectivity index is 2.34. The van der Waals surface area contributed by atoms with Gasteiger partial charge in [0.05, 0.1) is 28.5 Å². The third-order valence-electron chi connectivity index (χ3n) is 3.37. The monoisotopic (exact) mass is 264 g/mol. The zero-order valence-electron chi connectivity index (χ0n) is 11.5. The first-order valence-corrected chi connectivity index (χ1v) is 6.67. The smallest absolute Gasteiger partial charge is 0.0956 e. The largest absolute Gasteiger partial charge is 0.387 e. The first-order valence-electron chi connectivity index (χ1n) is 6.67. The van der Waals surface area contributed by atoms with Crippen molar-refractivity contribution in [3.05, 3.63) is 59.8 Å². The molecule has 0 aliphatic carbocycles. The van der Waals surface area contributed by atoms with Crippen molar-refractivity contribution in [1.82, 2.24) is 9.97 Å². The van der Waals surface area contributed by atoms with Crippen LogP contribution in [0.15, 0.2) is 48.5 Å². The van der Waals surface area contributed by atoms with Crippen molar-refractivity contribution in [2.24, 2.45) is 0 Å². The predicted octanol–water partition coefficient (Wildman–Crippen LogP) is 3.66. The molecule has 2 aromatic carbocycles. The van der Waals surface area contributed by atoms with E-state index in [2.05, 4.69) is 4.98 Å². The number of rotatable bonds is 2. The van der Waals surface area contributed by atoms with Gasteiger partial charge in [0.1, 0.15) is 0 Å². The summed E-state index contributed by atoms with van der Waals surface area (Å²) in [7, 11) is 0. The zero-order valence-corrected chi connectivity index (χ0v) is 11.5. The molecule has 1 atom stereocenters. The first-order chi connectivity index (χ1) is 9.66. The van der Waals surface area contributed by atoms with Crippen LogP contribution < -0.4 is 0 Å². The van der Waals surface area contributed by atoms with Gasteiger partial charge in [-0.3, -0.25) is 0 Å². The van der Waals surface area contributed by atoms with Gasteiger partial charge in [-0.15, -0.1) is 0 Å². The van der Waals surface area contributed by atoms with Crippen molar-refractivity contribution in [2.75, 3.05) is 0 Å². The Kier molecular flexibility index (Phi) is 3.20. The maximum atomic E-state index is 9.99. The molecule has 0 saturated heterocycles. The Morgan fingerprint density at radius 1 is 0.950 bits per heavy atom. The van der Waals surface area contributed by atoms with Crippen LogP contribution in [0.4, 0.5) is 0 Å². The highest BCUT2D eigenvalue weighted by atomic mass is 16.3. The molecule has 0 bridgehead atoms. The summed E-state index contributed by atoms with van der Waals surface area (Å²) in [5, 5.41) is 9.99. The summed E-state index contributed by atoms with van der Waals surface area (Å²) in [6, 6.07) is 15.8. The van der Waals surface area contributed by atoms with E-state index in [9.17, 15) is 5.11 Å². The first kappa shape index (κ1) is 12.8. The molecule has 3 rings (SSSR count). The molecule has 3 aromatic rings. The molecule has 0 spiro atoms. The normalized spacial score (nSPS) is 12.6. The Morgan fingerprint density at radius 2 is 1.70 bits per heavy atom. The minimum atomic E-state index is -0.650. The zero-order chi connectivity index (χ0) is 14.1. The van der Waals surface area contributed by atoms with Crippen LogP contribution in [-0.4, -0.2) is 15.1 Å². The standard InChI is InChI=1S/C17H16N2O/c1-11-7-6-10-14-15(11)19-17(16(18-14)12(2)20)13-8-4-3-5-9-13/h3-10,12,20H,1-2H3. The summed E-state index contributed by atoms with van der Waals surface area (Å²) >= 11 is 0. The van der Waals surface area contributed by atoms with Crippen molar-refractivity contribution >= 4 is 11.0 Å². The van der Waals surface area contributed by atoms with Gasteiger partial charge in [-0.25, -0.2) is 9.97 Å². The number of benzene rings is 2. The Morgan fingerprint density at radius 3 is 2.40 bits per heavy atom. The van der Waals surface area contributed by atoms with Crippen LogP contribution in [0.25, 0.3) is 22.3 Å². The molecule has 3 heteroatoms. The number of aliphatic hydroxyl groups excluding tert-OH is 1. The quantitative estimate of drug-likeness (QED) is 0.768. The molecule has 0 saturated carbocycles. The number of para-hydroxylation sites is 1. The van der Waals surface area contributed by atoms with Gasteiger partial charge in [0.25, 0.3) is 0 Å². The van der Waals surface area contributed by atoms with Crippen LogP contribution in [-0.2, 0) is 0 Å². The number of nitrogens with zero attached hydrogens (tertiary/aromatic N) is 2. The van der Waals surface area contributed by atoms with E-state index in [1.165, 1.54) is 0 Å². The van der Waals surface area contributed by atoms with Gasteiger partial charge in [-0.2, -0.15) is 0 Å². The lowest BCUT2D eigenvalue weighted by Gasteiger charge is -2.13. The van der Waals surface area contributed by atoms with Crippen molar-refractivity contribution < 1.29 is 5.11 Å². The van der Waals surface area contributed by atoms with Gasteiger partial charge in [0.2, 0.25) is 0 Å². The lowest BCUT2D eigenvalue weighted by atomic mass is 10.1. The SMILES string of the molecule is Cc1cccc2nc(C(C)O)c(-c3ccccc3)nc12. The number of aliphatic hydroxyl groups is 1. The third-order valence-corrected chi connectivity index (χ3v) is 3.37. The topological polar surface area (TPSA) is 46.0 Å². The van der Waals surface area contributed by atoms with E-state index in [1.807, 2.05) is 55.5 Å². The lowest BCUT2D eigenvalue weighted by molar-refractivity contribution is 0.195. The van der Waals surface area contributed by atoms with Crippen LogP contribution >= 0.6 is 0 Å². The van der Waals surface area contributed by atoms with E-state index in [-0.39, 0.29) is 0 Å². The minimum Gasteiger partial charge on any atom is -0.387 e. The molecule has 0 amide bonds. The fraction of sp³-hybridized carbons (Fsp3) is 0.176. The highest BCUT2D eigenvalue weighted by Gasteiger charge is 2.15. The fourth-order valence-corrected chi connectivity index (χ4v) is 2.33. The van der Waals surface area contributed by atoms with Gasteiger partial charge < -0.3 is 5.11 Å². The summed E-state index contributed by atoms with van der Waals surface area (Å²) in [5.74, 6) is 0. The average molecular weight is 264 g/mol. The fourth-order valence-electron chi connectivity index (χ4n) is 2.33. The van der Waals surface area contributed by atoms with E-state index in [0.29, 0.717) is 5.69 Å². The highest BCUT2D eigenvalue weighted by molar-refractivity contribution is 5.81. The maximum Gasteiger partial charge on any atom is 0.0956 e. The summed E-state index contributed by atoms with van der Waals surface area (Å²) < 4.78 is 0. The summed E-state index contributed by atoms with van der Waals surface area (Å²) in [6.45, 7) is 3.74. The predicted molar refractivity (Wildman–Crippen MR) is 80.3 cm³/mol. The van der Waals surface area contributed by atoms with Crippen LogP contribution in [0.2, 0.25) is 0 Å². The van der Waals surface area contributed by atoms with Crippen LogP contribution in [0.3, 0.4) is 0 Å². The Hall–Kier alpha value is -2.26. The van der Waals surface area contributed by atoms with Gasteiger partial charge in [-0.1, -0.05) is 42.5 Å². The molecule has 0 aliphatic rings. The summed E-state index contributed by atoms with van der Waals surface area (Å²) in [5.41, 5.74) is 5.14. The lowest BCUT2D eigenvalue weighted by Crippen LogP contribution is -2.03. The molecule has 20 heavy (non-hydrogen) atoms. The molecule has 100 valence electrons. The number of aromatic nitrogens is 2. The van der Waals surface area contributed by atoms with Crippen LogP contribution in [0.1, 0.15) is 24.3 Å². The number of fused-ring (bicyclic) bond motifs is 1. The number of hydrogen-bond donors (Lipinski definition) is 1. The molecular weight excluding hydrogens is 248 g/mol. The van der Waals surface area contributed by atoms with E-state index in [0.717, 1.165) is 27.9 Å². The molecule has 0 aliphatic heterocycles. The molecule has 1 N–H and O–H groups in total. The van der Waals surface area contributed by atoms with Crippen molar-refractivity contribution in [1.29, 1.82) is 0 Å². The van der Waals surface area contributed by atoms with Gasteiger partial charge in [-0.05, 0) is 25.5 Å². The minimum absolute atomic E-state index is 0.620. The molecule has 0 radical (unpaired) electrons. The second-order valence-corrected chi connectivity index (χ2v) is 4.94. The van der Waals surface area contributed by atoms with Gasteiger partial charge >= 0.3 is 0 Å². The van der Waals surface area contributed by atoms with Gasteiger partial charge in [0.15, 0.2) is 0 Å². The molecule has 1 unspecified atom stereocenters. The number of hydrogen-bond acceptors (Lipinski definition) is 3. The molecule has 1 aromatic heterocycles.